The molecule has 0 N–H and O–H groups in total. The Morgan fingerprint density at radius 2 is 1.61 bits per heavy atom. The van der Waals surface area contributed by atoms with E-state index in [1.807, 2.05) is 0 Å². The molecule has 0 aliphatic carbocycles. The second-order valence-electron chi connectivity index (χ2n) is 6.18. The van der Waals surface area contributed by atoms with Gasteiger partial charge >= 0.3 is 5.97 Å². The van der Waals surface area contributed by atoms with Crippen LogP contribution in [-0.4, -0.2) is 13.1 Å². The minimum Gasteiger partial charge on any atom is -0.469 e. The summed E-state index contributed by atoms with van der Waals surface area (Å²) in [7, 11) is 1.44. The molecule has 0 saturated heterocycles. The molecule has 0 radical (unpaired) electrons. The first-order chi connectivity index (χ1) is 11.2. The standard InChI is InChI=1S/C21H22O2/c1-15(6-5-9-21(22)23-2)16-10-11-19-13-17-7-3-4-8-18(17)14-20(19)12-16/h3-4,7-8,10-15H,5-6,9H2,1-2H3. The maximum Gasteiger partial charge on any atom is 0.305 e. The van der Waals surface area contributed by atoms with Gasteiger partial charge in [-0.1, -0.05) is 49.4 Å². The van der Waals surface area contributed by atoms with Crippen molar-refractivity contribution in [1.29, 1.82) is 0 Å². The topological polar surface area (TPSA) is 26.3 Å². The fraction of sp³-hybridized carbons (Fsp3) is 0.286. The van der Waals surface area contributed by atoms with Gasteiger partial charge in [0.15, 0.2) is 0 Å². The number of carbonyl (C=O) groups is 1. The van der Waals surface area contributed by atoms with Crippen LogP contribution < -0.4 is 0 Å². The summed E-state index contributed by atoms with van der Waals surface area (Å²) in [5.41, 5.74) is 1.33. The molecule has 0 saturated carbocycles. The van der Waals surface area contributed by atoms with Gasteiger partial charge in [0.25, 0.3) is 0 Å². The molecule has 0 fully saturated rings. The number of methoxy groups -OCH3 is 1. The van der Waals surface area contributed by atoms with E-state index < -0.39 is 0 Å². The molecule has 3 rings (SSSR count). The van der Waals surface area contributed by atoms with Gasteiger partial charge in [0.1, 0.15) is 0 Å². The zero-order valence-electron chi connectivity index (χ0n) is 13.7. The monoisotopic (exact) mass is 306 g/mol. The molecule has 0 heterocycles. The number of rotatable bonds is 5. The Hall–Kier alpha value is -2.35. The van der Waals surface area contributed by atoms with Crippen LogP contribution >= 0.6 is 0 Å². The van der Waals surface area contributed by atoms with E-state index in [0.29, 0.717) is 12.3 Å². The highest BCUT2D eigenvalue weighted by Crippen LogP contribution is 2.28. The normalized spacial score (nSPS) is 12.4. The van der Waals surface area contributed by atoms with E-state index in [1.165, 1.54) is 34.2 Å². The Labute approximate surface area is 137 Å². The SMILES string of the molecule is COC(=O)CCCC(C)c1ccc2cc3ccccc3cc2c1. The highest BCUT2D eigenvalue weighted by atomic mass is 16.5. The van der Waals surface area contributed by atoms with E-state index in [9.17, 15) is 4.79 Å². The Balaban J connectivity index is 1.81. The summed E-state index contributed by atoms with van der Waals surface area (Å²) in [6.45, 7) is 2.22. The lowest BCUT2D eigenvalue weighted by Gasteiger charge is -2.13. The third-order valence-corrected chi connectivity index (χ3v) is 4.54. The van der Waals surface area contributed by atoms with Gasteiger partial charge in [-0.2, -0.15) is 0 Å². The summed E-state index contributed by atoms with van der Waals surface area (Å²) in [4.78, 5) is 11.2. The molecule has 23 heavy (non-hydrogen) atoms. The van der Waals surface area contributed by atoms with E-state index >= 15 is 0 Å². The van der Waals surface area contributed by atoms with E-state index in [4.69, 9.17) is 4.74 Å². The molecule has 0 bridgehead atoms. The van der Waals surface area contributed by atoms with Crippen LogP contribution in [0.2, 0.25) is 0 Å². The molecule has 2 heteroatoms. The molecule has 3 aromatic rings. The van der Waals surface area contributed by atoms with E-state index in [-0.39, 0.29) is 5.97 Å². The first-order valence-electron chi connectivity index (χ1n) is 8.16. The van der Waals surface area contributed by atoms with Crippen molar-refractivity contribution >= 4 is 27.5 Å². The molecule has 2 nitrogen and oxygen atoms in total. The number of fused-ring (bicyclic) bond motifs is 2. The summed E-state index contributed by atoms with van der Waals surface area (Å²) in [5.74, 6) is 0.317. The molecule has 1 atom stereocenters. The summed E-state index contributed by atoms with van der Waals surface area (Å²) in [5, 5.41) is 5.10. The Morgan fingerprint density at radius 1 is 0.957 bits per heavy atom. The average Bonchev–Trinajstić information content (AvgIpc) is 2.59. The fourth-order valence-corrected chi connectivity index (χ4v) is 3.09. The molecular formula is C21H22O2. The molecule has 1 unspecified atom stereocenters. The van der Waals surface area contributed by atoms with E-state index in [1.54, 1.807) is 0 Å². The van der Waals surface area contributed by atoms with Gasteiger partial charge in [-0.3, -0.25) is 4.79 Å². The van der Waals surface area contributed by atoms with Crippen molar-refractivity contribution in [2.45, 2.75) is 32.1 Å². The number of ether oxygens (including phenoxy) is 1. The zero-order chi connectivity index (χ0) is 16.2. The van der Waals surface area contributed by atoms with Crippen molar-refractivity contribution in [3.63, 3.8) is 0 Å². The average molecular weight is 306 g/mol. The first-order valence-corrected chi connectivity index (χ1v) is 8.16. The van der Waals surface area contributed by atoms with Gasteiger partial charge in [-0.25, -0.2) is 0 Å². The lowest BCUT2D eigenvalue weighted by Crippen LogP contribution is -2.01. The zero-order valence-corrected chi connectivity index (χ0v) is 13.7. The summed E-state index contributed by atoms with van der Waals surface area (Å²) < 4.78 is 4.70. The van der Waals surface area contributed by atoms with Crippen LogP contribution in [0.1, 0.15) is 37.7 Å². The van der Waals surface area contributed by atoms with Crippen molar-refractivity contribution in [1.82, 2.24) is 0 Å². The smallest absolute Gasteiger partial charge is 0.305 e. The van der Waals surface area contributed by atoms with Crippen LogP contribution in [0.5, 0.6) is 0 Å². The highest BCUT2D eigenvalue weighted by Gasteiger charge is 2.09. The van der Waals surface area contributed by atoms with Crippen LogP contribution in [0.4, 0.5) is 0 Å². The van der Waals surface area contributed by atoms with Crippen LogP contribution in [0.15, 0.2) is 54.6 Å². The van der Waals surface area contributed by atoms with Gasteiger partial charge in [0.05, 0.1) is 7.11 Å². The highest BCUT2D eigenvalue weighted by molar-refractivity contribution is 5.98. The molecule has 118 valence electrons. The Kier molecular flexibility index (Phi) is 4.61. The lowest BCUT2D eigenvalue weighted by atomic mass is 9.92. The summed E-state index contributed by atoms with van der Waals surface area (Å²) in [6, 6.07) is 19.7. The summed E-state index contributed by atoms with van der Waals surface area (Å²) >= 11 is 0. The van der Waals surface area contributed by atoms with Gasteiger partial charge in [-0.15, -0.1) is 0 Å². The molecule has 0 aliphatic rings. The third-order valence-electron chi connectivity index (χ3n) is 4.54. The van der Waals surface area contributed by atoms with Crippen LogP contribution in [0.25, 0.3) is 21.5 Å². The molecule has 0 spiro atoms. The molecule has 3 aromatic carbocycles. The molecule has 0 aromatic heterocycles. The van der Waals surface area contributed by atoms with Gasteiger partial charge in [-0.05, 0) is 58.0 Å². The number of benzene rings is 3. The number of esters is 1. The summed E-state index contributed by atoms with van der Waals surface area (Å²) in [6.07, 6.45) is 2.36. The van der Waals surface area contributed by atoms with E-state index in [2.05, 4.69) is 61.5 Å². The molecule has 0 amide bonds. The van der Waals surface area contributed by atoms with Gasteiger partial charge < -0.3 is 4.74 Å². The van der Waals surface area contributed by atoms with Crippen molar-refractivity contribution in [3.05, 3.63) is 60.2 Å². The number of carbonyl (C=O) groups excluding carboxylic acids is 1. The lowest BCUT2D eigenvalue weighted by molar-refractivity contribution is -0.140. The largest absolute Gasteiger partial charge is 0.469 e. The predicted molar refractivity (Wildman–Crippen MR) is 95.7 cm³/mol. The van der Waals surface area contributed by atoms with Crippen molar-refractivity contribution < 1.29 is 9.53 Å². The maximum absolute atomic E-state index is 11.2. The van der Waals surface area contributed by atoms with Gasteiger partial charge in [0, 0.05) is 6.42 Å². The molecular weight excluding hydrogens is 284 g/mol. The first kappa shape index (κ1) is 15.5. The van der Waals surface area contributed by atoms with Crippen molar-refractivity contribution in [2.75, 3.05) is 7.11 Å². The maximum atomic E-state index is 11.2. The second-order valence-corrected chi connectivity index (χ2v) is 6.18. The quantitative estimate of drug-likeness (QED) is 0.463. The number of hydrogen-bond acceptors (Lipinski definition) is 2. The minimum absolute atomic E-state index is 0.123. The van der Waals surface area contributed by atoms with Crippen molar-refractivity contribution in [2.24, 2.45) is 0 Å². The van der Waals surface area contributed by atoms with E-state index in [0.717, 1.165) is 12.8 Å². The Bertz CT molecular complexity index is 835. The van der Waals surface area contributed by atoms with Crippen molar-refractivity contribution in [3.8, 4) is 0 Å². The Morgan fingerprint density at radius 3 is 2.30 bits per heavy atom. The molecule has 0 aliphatic heterocycles. The second kappa shape index (κ2) is 6.82. The predicted octanol–water partition coefficient (Wildman–Crippen LogP) is 5.44. The fourth-order valence-electron chi connectivity index (χ4n) is 3.09. The number of hydrogen-bond donors (Lipinski definition) is 0. The van der Waals surface area contributed by atoms with Crippen LogP contribution in [-0.2, 0) is 9.53 Å². The van der Waals surface area contributed by atoms with Crippen LogP contribution in [0, 0.1) is 0 Å². The minimum atomic E-state index is -0.123. The van der Waals surface area contributed by atoms with Crippen LogP contribution in [0.3, 0.4) is 0 Å². The third kappa shape index (κ3) is 3.53. The van der Waals surface area contributed by atoms with Gasteiger partial charge in [0.2, 0.25) is 0 Å².